The first-order valence-electron chi connectivity index (χ1n) is 8.97. The molecular formula is C22H21N3O3. The van der Waals surface area contributed by atoms with Crippen molar-refractivity contribution in [1.82, 2.24) is 15.0 Å². The molecule has 1 heterocycles. The van der Waals surface area contributed by atoms with Gasteiger partial charge in [-0.2, -0.15) is 5.48 Å². The molecule has 6 heteroatoms. The zero-order chi connectivity index (χ0) is 19.5. The summed E-state index contributed by atoms with van der Waals surface area (Å²) in [5.74, 6) is 0.787. The van der Waals surface area contributed by atoms with Crippen molar-refractivity contribution in [2.45, 2.75) is 19.8 Å². The Morgan fingerprint density at radius 2 is 1.89 bits per heavy atom. The van der Waals surface area contributed by atoms with Gasteiger partial charge in [-0.3, -0.25) is 4.57 Å². The van der Waals surface area contributed by atoms with Gasteiger partial charge in [-0.1, -0.05) is 35.9 Å². The lowest BCUT2D eigenvalue weighted by Crippen LogP contribution is -2.15. The molecule has 0 bridgehead atoms. The first-order valence-corrected chi connectivity index (χ1v) is 8.97. The fraction of sp³-hybridized carbons (Fsp3) is 0.136. The van der Waals surface area contributed by atoms with Crippen molar-refractivity contribution in [3.63, 3.8) is 0 Å². The van der Waals surface area contributed by atoms with Crippen molar-refractivity contribution in [3.8, 4) is 11.4 Å². The van der Waals surface area contributed by atoms with E-state index >= 15 is 0 Å². The number of hydrogen-bond donors (Lipinski definition) is 3. The van der Waals surface area contributed by atoms with Crippen LogP contribution in [0, 0.1) is 6.92 Å². The summed E-state index contributed by atoms with van der Waals surface area (Å²) >= 11 is 0. The van der Waals surface area contributed by atoms with Gasteiger partial charge < -0.3 is 15.1 Å². The average molecular weight is 375 g/mol. The molecule has 0 saturated carbocycles. The van der Waals surface area contributed by atoms with Crippen LogP contribution >= 0.6 is 0 Å². The number of hydroxylamine groups is 1. The van der Waals surface area contributed by atoms with E-state index in [4.69, 9.17) is 9.94 Å². The van der Waals surface area contributed by atoms with Gasteiger partial charge in [-0.15, -0.1) is 0 Å². The third kappa shape index (κ3) is 3.75. The van der Waals surface area contributed by atoms with Crippen LogP contribution in [0.5, 0.6) is 5.75 Å². The van der Waals surface area contributed by atoms with E-state index in [0.717, 1.165) is 28.0 Å². The monoisotopic (exact) mass is 375 g/mol. The maximum atomic E-state index is 9.79. The maximum absolute atomic E-state index is 9.79. The van der Waals surface area contributed by atoms with Gasteiger partial charge in [0.1, 0.15) is 18.7 Å². The standard InChI is InChI=1S/C22H21N3O3/c1-15-3-2-4-16(11-15)13-28-19-8-6-18(7-9-19)25-14-23-20-10-5-17(12-21(20)25)22(26)24-27/h2-12,14,22,24,26-27H,13H2,1H3. The molecule has 0 radical (unpaired) electrons. The molecule has 1 unspecified atom stereocenters. The van der Waals surface area contributed by atoms with E-state index in [1.54, 1.807) is 24.5 Å². The summed E-state index contributed by atoms with van der Waals surface area (Å²) in [7, 11) is 0. The normalized spacial score (nSPS) is 12.2. The SMILES string of the molecule is Cc1cccc(COc2ccc(-n3cnc4ccc(C(O)NO)cc43)cc2)c1. The molecule has 3 N–H and O–H groups in total. The molecule has 0 amide bonds. The molecule has 0 aliphatic heterocycles. The zero-order valence-electron chi connectivity index (χ0n) is 15.4. The van der Waals surface area contributed by atoms with E-state index in [1.807, 2.05) is 46.4 Å². The third-order valence-electron chi connectivity index (χ3n) is 4.61. The fourth-order valence-corrected chi connectivity index (χ4v) is 3.15. The summed E-state index contributed by atoms with van der Waals surface area (Å²) in [6.07, 6.45) is 0.584. The highest BCUT2D eigenvalue weighted by Gasteiger charge is 2.10. The number of fused-ring (bicyclic) bond motifs is 1. The van der Waals surface area contributed by atoms with Gasteiger partial charge >= 0.3 is 0 Å². The number of imidazole rings is 1. The highest BCUT2D eigenvalue weighted by atomic mass is 16.5. The summed E-state index contributed by atoms with van der Waals surface area (Å²) in [6, 6.07) is 21.3. The number of ether oxygens (including phenoxy) is 1. The molecule has 4 aromatic rings. The van der Waals surface area contributed by atoms with Crippen molar-refractivity contribution in [1.29, 1.82) is 0 Å². The van der Waals surface area contributed by atoms with E-state index in [2.05, 4.69) is 24.0 Å². The van der Waals surface area contributed by atoms with Crippen molar-refractivity contribution < 1.29 is 15.1 Å². The smallest absolute Gasteiger partial charge is 0.152 e. The van der Waals surface area contributed by atoms with Crippen LogP contribution in [-0.2, 0) is 6.61 Å². The van der Waals surface area contributed by atoms with Crippen LogP contribution in [-0.4, -0.2) is 19.9 Å². The second-order valence-corrected chi connectivity index (χ2v) is 6.67. The summed E-state index contributed by atoms with van der Waals surface area (Å²) in [6.45, 7) is 2.58. The number of benzene rings is 3. The van der Waals surface area contributed by atoms with E-state index in [9.17, 15) is 5.11 Å². The Kier molecular flexibility index (Phi) is 5.08. The van der Waals surface area contributed by atoms with Gasteiger partial charge in [0.15, 0.2) is 6.23 Å². The molecule has 1 atom stereocenters. The highest BCUT2D eigenvalue weighted by Crippen LogP contribution is 2.23. The van der Waals surface area contributed by atoms with Crippen LogP contribution in [0.1, 0.15) is 22.9 Å². The van der Waals surface area contributed by atoms with Crippen molar-refractivity contribution in [3.05, 3.63) is 89.7 Å². The first-order chi connectivity index (χ1) is 13.6. The minimum absolute atomic E-state index is 0.518. The molecule has 0 aliphatic rings. The molecule has 4 rings (SSSR count). The predicted octanol–water partition coefficient (Wildman–Crippen LogP) is 3.88. The van der Waals surface area contributed by atoms with E-state index < -0.39 is 6.23 Å². The number of aryl methyl sites for hydroxylation is 1. The minimum atomic E-state index is -1.15. The minimum Gasteiger partial charge on any atom is -0.489 e. The van der Waals surface area contributed by atoms with Gasteiger partial charge in [-0.25, -0.2) is 4.98 Å². The Bertz CT molecular complexity index is 1090. The number of aliphatic hydroxyl groups is 1. The third-order valence-corrected chi connectivity index (χ3v) is 4.61. The summed E-state index contributed by atoms with van der Waals surface area (Å²) in [5, 5.41) is 18.7. The van der Waals surface area contributed by atoms with Crippen LogP contribution in [0.3, 0.4) is 0 Å². The fourth-order valence-electron chi connectivity index (χ4n) is 3.15. The van der Waals surface area contributed by atoms with Gasteiger partial charge in [0.25, 0.3) is 0 Å². The molecule has 0 fully saturated rings. The van der Waals surface area contributed by atoms with Gasteiger partial charge in [0, 0.05) is 5.69 Å². The van der Waals surface area contributed by atoms with Crippen LogP contribution in [0.4, 0.5) is 0 Å². The van der Waals surface area contributed by atoms with Crippen molar-refractivity contribution >= 4 is 11.0 Å². The Morgan fingerprint density at radius 1 is 1.07 bits per heavy atom. The quantitative estimate of drug-likeness (QED) is 0.352. The number of nitrogens with one attached hydrogen (secondary N) is 1. The summed E-state index contributed by atoms with van der Waals surface area (Å²) in [5.41, 5.74) is 7.30. The molecule has 6 nitrogen and oxygen atoms in total. The van der Waals surface area contributed by atoms with Crippen LogP contribution < -0.4 is 10.2 Å². The Labute approximate surface area is 162 Å². The lowest BCUT2D eigenvalue weighted by Gasteiger charge is -2.11. The van der Waals surface area contributed by atoms with Crippen LogP contribution in [0.15, 0.2) is 73.1 Å². The average Bonchev–Trinajstić information content (AvgIpc) is 3.15. The molecule has 0 spiro atoms. The van der Waals surface area contributed by atoms with Gasteiger partial charge in [0.2, 0.25) is 0 Å². The Morgan fingerprint density at radius 3 is 2.64 bits per heavy atom. The number of aromatic nitrogens is 2. The number of aliphatic hydroxyl groups excluding tert-OH is 1. The Hall–Kier alpha value is -3.19. The molecule has 0 saturated heterocycles. The van der Waals surface area contributed by atoms with Gasteiger partial charge in [0.05, 0.1) is 11.0 Å². The number of hydrogen-bond acceptors (Lipinski definition) is 5. The topological polar surface area (TPSA) is 79.5 Å². The van der Waals surface area contributed by atoms with Crippen LogP contribution in [0.25, 0.3) is 16.7 Å². The summed E-state index contributed by atoms with van der Waals surface area (Å²) in [4.78, 5) is 4.40. The lowest BCUT2D eigenvalue weighted by molar-refractivity contribution is 0.000766. The second-order valence-electron chi connectivity index (χ2n) is 6.67. The molecule has 1 aromatic heterocycles. The zero-order valence-corrected chi connectivity index (χ0v) is 15.4. The van der Waals surface area contributed by atoms with E-state index in [0.29, 0.717) is 12.2 Å². The van der Waals surface area contributed by atoms with Gasteiger partial charge in [-0.05, 0) is 54.4 Å². The van der Waals surface area contributed by atoms with Crippen LogP contribution in [0.2, 0.25) is 0 Å². The molecule has 142 valence electrons. The molecular weight excluding hydrogens is 354 g/mol. The van der Waals surface area contributed by atoms with Crippen molar-refractivity contribution in [2.75, 3.05) is 0 Å². The maximum Gasteiger partial charge on any atom is 0.152 e. The largest absolute Gasteiger partial charge is 0.489 e. The Balaban J connectivity index is 1.55. The lowest BCUT2D eigenvalue weighted by atomic mass is 10.1. The second kappa shape index (κ2) is 7.82. The molecule has 0 aliphatic carbocycles. The van der Waals surface area contributed by atoms with E-state index in [1.165, 1.54) is 5.56 Å². The number of nitrogens with zero attached hydrogens (tertiary/aromatic N) is 2. The summed E-state index contributed by atoms with van der Waals surface area (Å²) < 4.78 is 7.80. The number of rotatable bonds is 6. The predicted molar refractivity (Wildman–Crippen MR) is 106 cm³/mol. The first kappa shape index (κ1) is 18.2. The van der Waals surface area contributed by atoms with Crippen molar-refractivity contribution in [2.24, 2.45) is 0 Å². The molecule has 28 heavy (non-hydrogen) atoms. The molecule has 3 aromatic carbocycles. The highest BCUT2D eigenvalue weighted by molar-refractivity contribution is 5.78. The van der Waals surface area contributed by atoms with E-state index in [-0.39, 0.29) is 0 Å².